The van der Waals surface area contributed by atoms with Crippen LogP contribution in [-0.2, 0) is 4.74 Å². The number of unbranched alkanes of at least 4 members (excludes halogenated alkanes) is 1. The molecular formula is C8H14Cl4O. The zero-order chi connectivity index (χ0) is 10.3. The summed E-state index contributed by atoms with van der Waals surface area (Å²) >= 11 is 22.5. The Hall–Kier alpha value is 1.12. The van der Waals surface area contributed by atoms with E-state index in [0.717, 1.165) is 12.8 Å². The summed E-state index contributed by atoms with van der Waals surface area (Å²) in [5.41, 5.74) is -0.345. The van der Waals surface area contributed by atoms with Gasteiger partial charge in [0.05, 0.1) is 0 Å². The molecule has 80 valence electrons. The monoisotopic (exact) mass is 266 g/mol. The average Bonchev–Trinajstić information content (AvgIpc) is 2.00. The average molecular weight is 268 g/mol. The molecule has 1 unspecified atom stereocenters. The lowest BCUT2D eigenvalue weighted by atomic mass is 10.3. The van der Waals surface area contributed by atoms with Crippen LogP contribution in [0.2, 0.25) is 0 Å². The van der Waals surface area contributed by atoms with E-state index < -0.39 is 3.79 Å². The molecule has 0 amide bonds. The van der Waals surface area contributed by atoms with Gasteiger partial charge in [-0.05, 0) is 19.3 Å². The van der Waals surface area contributed by atoms with Gasteiger partial charge in [-0.25, -0.2) is 0 Å². The Balaban J connectivity index is 3.35. The second kappa shape index (κ2) is 7.42. The Morgan fingerprint density at radius 1 is 1.31 bits per heavy atom. The molecule has 0 aromatic heterocycles. The van der Waals surface area contributed by atoms with Crippen LogP contribution in [0.25, 0.3) is 0 Å². The summed E-state index contributed by atoms with van der Waals surface area (Å²) in [6.45, 7) is 2.76. The van der Waals surface area contributed by atoms with E-state index in [2.05, 4.69) is 6.92 Å². The van der Waals surface area contributed by atoms with Gasteiger partial charge in [-0.15, -0.1) is 0 Å². The molecule has 0 radical (unpaired) electrons. The highest BCUT2D eigenvalue weighted by Gasteiger charge is 2.21. The van der Waals surface area contributed by atoms with Gasteiger partial charge in [-0.1, -0.05) is 59.7 Å². The topological polar surface area (TPSA) is 9.23 Å². The van der Waals surface area contributed by atoms with Crippen molar-refractivity contribution in [2.45, 2.75) is 42.0 Å². The lowest BCUT2D eigenvalue weighted by molar-refractivity contribution is 0.0982. The second-order valence-electron chi connectivity index (χ2n) is 2.79. The van der Waals surface area contributed by atoms with E-state index in [1.807, 2.05) is 0 Å². The lowest BCUT2D eigenvalue weighted by Gasteiger charge is -2.14. The predicted molar refractivity (Wildman–Crippen MR) is 60.0 cm³/mol. The molecule has 0 bridgehead atoms. The van der Waals surface area contributed by atoms with Crippen molar-refractivity contribution in [3.05, 3.63) is 0 Å². The van der Waals surface area contributed by atoms with Gasteiger partial charge in [-0.2, -0.15) is 0 Å². The highest BCUT2D eigenvalue weighted by atomic mass is 35.6. The summed E-state index contributed by atoms with van der Waals surface area (Å²) in [6, 6.07) is 0. The Labute approximate surface area is 99.6 Å². The van der Waals surface area contributed by atoms with E-state index in [9.17, 15) is 0 Å². The third kappa shape index (κ3) is 11.0. The molecule has 0 aliphatic carbocycles. The first kappa shape index (κ1) is 14.1. The first-order valence-corrected chi connectivity index (χ1v) is 5.85. The van der Waals surface area contributed by atoms with E-state index in [4.69, 9.17) is 51.1 Å². The molecule has 0 aromatic carbocycles. The van der Waals surface area contributed by atoms with E-state index >= 15 is 0 Å². The smallest absolute Gasteiger partial charge is 0.190 e. The quantitative estimate of drug-likeness (QED) is 0.508. The van der Waals surface area contributed by atoms with Gasteiger partial charge >= 0.3 is 0 Å². The molecule has 0 saturated carbocycles. The summed E-state index contributed by atoms with van der Waals surface area (Å²) in [5, 5.41) is 0. The number of rotatable bonds is 6. The van der Waals surface area contributed by atoms with Gasteiger partial charge < -0.3 is 4.74 Å². The molecule has 0 aliphatic rings. The minimum atomic E-state index is -1.22. The molecule has 1 atom stereocenters. The van der Waals surface area contributed by atoms with Crippen molar-refractivity contribution in [2.75, 3.05) is 6.61 Å². The fraction of sp³-hybridized carbons (Fsp3) is 1.00. The van der Waals surface area contributed by atoms with Crippen LogP contribution in [0.3, 0.4) is 0 Å². The van der Waals surface area contributed by atoms with Crippen LogP contribution in [0.15, 0.2) is 0 Å². The molecule has 13 heavy (non-hydrogen) atoms. The highest BCUT2D eigenvalue weighted by molar-refractivity contribution is 6.67. The first-order chi connectivity index (χ1) is 5.95. The number of hydrogen-bond donors (Lipinski definition) is 0. The Bertz CT molecular complexity index is 124. The van der Waals surface area contributed by atoms with Crippen LogP contribution in [0.4, 0.5) is 0 Å². The molecule has 5 heteroatoms. The van der Waals surface area contributed by atoms with Crippen molar-refractivity contribution in [2.24, 2.45) is 0 Å². The standard InChI is InChI=1S/C8H14Cl4O/c1-2-3-6-13-7(9)4-5-8(10,11)12/h7H,2-6H2,1H3. The van der Waals surface area contributed by atoms with Crippen LogP contribution in [0, 0.1) is 0 Å². The number of halogens is 4. The highest BCUT2D eigenvalue weighted by Crippen LogP contribution is 2.32. The van der Waals surface area contributed by atoms with Crippen molar-refractivity contribution in [1.29, 1.82) is 0 Å². The maximum Gasteiger partial charge on any atom is 0.190 e. The lowest BCUT2D eigenvalue weighted by Crippen LogP contribution is -2.11. The van der Waals surface area contributed by atoms with Crippen LogP contribution in [0.1, 0.15) is 32.6 Å². The predicted octanol–water partition coefficient (Wildman–Crippen LogP) is 4.52. The van der Waals surface area contributed by atoms with Crippen LogP contribution >= 0.6 is 46.4 Å². The number of hydrogen-bond acceptors (Lipinski definition) is 1. The van der Waals surface area contributed by atoms with E-state index in [-0.39, 0.29) is 5.56 Å². The van der Waals surface area contributed by atoms with Gasteiger partial charge in [0, 0.05) is 6.61 Å². The summed E-state index contributed by atoms with van der Waals surface area (Å²) < 4.78 is 4.05. The third-order valence-electron chi connectivity index (χ3n) is 1.45. The third-order valence-corrected chi connectivity index (χ3v) is 2.36. The van der Waals surface area contributed by atoms with Crippen LogP contribution < -0.4 is 0 Å². The number of ether oxygens (including phenoxy) is 1. The summed E-state index contributed by atoms with van der Waals surface area (Å²) in [4.78, 5) is 0. The number of alkyl halides is 4. The second-order valence-corrected chi connectivity index (χ2v) is 5.79. The molecule has 0 rings (SSSR count). The minimum absolute atomic E-state index is 0.345. The van der Waals surface area contributed by atoms with Crippen LogP contribution in [-0.4, -0.2) is 16.0 Å². The Kier molecular flexibility index (Phi) is 8.06. The van der Waals surface area contributed by atoms with E-state index in [0.29, 0.717) is 19.4 Å². The first-order valence-electron chi connectivity index (χ1n) is 4.28. The summed E-state index contributed by atoms with van der Waals surface area (Å²) in [5.74, 6) is 0. The fourth-order valence-electron chi connectivity index (χ4n) is 0.716. The largest absolute Gasteiger partial charge is 0.362 e. The summed E-state index contributed by atoms with van der Waals surface area (Å²) in [6.07, 6.45) is 3.07. The Morgan fingerprint density at radius 3 is 2.38 bits per heavy atom. The van der Waals surface area contributed by atoms with Crippen molar-refractivity contribution in [3.63, 3.8) is 0 Å². The van der Waals surface area contributed by atoms with Crippen molar-refractivity contribution in [3.8, 4) is 0 Å². The Morgan fingerprint density at radius 2 is 1.92 bits per heavy atom. The molecule has 0 aliphatic heterocycles. The summed E-state index contributed by atoms with van der Waals surface area (Å²) in [7, 11) is 0. The zero-order valence-corrected chi connectivity index (χ0v) is 10.6. The molecule has 0 fully saturated rings. The zero-order valence-electron chi connectivity index (χ0n) is 7.53. The molecule has 0 heterocycles. The van der Waals surface area contributed by atoms with Gasteiger partial charge in [-0.3, -0.25) is 0 Å². The molecule has 0 saturated heterocycles. The van der Waals surface area contributed by atoms with Crippen LogP contribution in [0.5, 0.6) is 0 Å². The maximum atomic E-state index is 5.82. The van der Waals surface area contributed by atoms with Crippen molar-refractivity contribution >= 4 is 46.4 Å². The van der Waals surface area contributed by atoms with E-state index in [1.165, 1.54) is 0 Å². The normalized spacial score (nSPS) is 14.5. The van der Waals surface area contributed by atoms with Crippen molar-refractivity contribution < 1.29 is 4.74 Å². The molecular weight excluding hydrogens is 254 g/mol. The minimum Gasteiger partial charge on any atom is -0.362 e. The molecule has 0 N–H and O–H groups in total. The van der Waals surface area contributed by atoms with Gasteiger partial charge in [0.25, 0.3) is 0 Å². The van der Waals surface area contributed by atoms with Gasteiger partial charge in [0.1, 0.15) is 5.56 Å². The van der Waals surface area contributed by atoms with E-state index in [1.54, 1.807) is 0 Å². The molecule has 1 nitrogen and oxygen atoms in total. The molecule has 0 aromatic rings. The van der Waals surface area contributed by atoms with Crippen molar-refractivity contribution in [1.82, 2.24) is 0 Å². The maximum absolute atomic E-state index is 5.82. The van der Waals surface area contributed by atoms with Gasteiger partial charge in [0.2, 0.25) is 0 Å². The van der Waals surface area contributed by atoms with Gasteiger partial charge in [0.15, 0.2) is 3.79 Å². The fourth-order valence-corrected chi connectivity index (χ4v) is 1.24. The molecule has 0 spiro atoms. The SMILES string of the molecule is CCCCOC(Cl)CCC(Cl)(Cl)Cl.